The molecule has 18 heavy (non-hydrogen) atoms. The molecule has 0 fully saturated rings. The van der Waals surface area contributed by atoms with Gasteiger partial charge in [0.25, 0.3) is 0 Å². The summed E-state index contributed by atoms with van der Waals surface area (Å²) in [4.78, 5) is 4.49. The van der Waals surface area contributed by atoms with Crippen molar-refractivity contribution in [1.29, 1.82) is 0 Å². The molecule has 0 aliphatic rings. The zero-order chi connectivity index (χ0) is 12.8. The quantitative estimate of drug-likeness (QED) is 0.756. The lowest BCUT2D eigenvalue weighted by molar-refractivity contribution is 0.159. The minimum atomic E-state index is -0.202. The molecule has 0 aliphatic heterocycles. The molecule has 2 aromatic heterocycles. The fourth-order valence-electron chi connectivity index (χ4n) is 1.59. The van der Waals surface area contributed by atoms with Crippen LogP contribution in [0.5, 0.6) is 0 Å². The van der Waals surface area contributed by atoms with E-state index in [9.17, 15) is 5.11 Å². The van der Waals surface area contributed by atoms with Gasteiger partial charge in [-0.1, -0.05) is 6.92 Å². The molecule has 98 valence electrons. The molecule has 4 nitrogen and oxygen atoms in total. The van der Waals surface area contributed by atoms with E-state index in [1.807, 2.05) is 24.4 Å². The van der Waals surface area contributed by atoms with Crippen LogP contribution in [0.15, 0.2) is 28.2 Å². The van der Waals surface area contributed by atoms with Crippen LogP contribution in [0.2, 0.25) is 0 Å². The average molecular weight is 266 g/mol. The van der Waals surface area contributed by atoms with Crippen LogP contribution in [0.1, 0.15) is 25.5 Å². The Kier molecular flexibility index (Phi) is 4.92. The summed E-state index contributed by atoms with van der Waals surface area (Å²) in [5.74, 6) is 0.813. The first-order valence-electron chi connectivity index (χ1n) is 6.16. The van der Waals surface area contributed by atoms with Crippen molar-refractivity contribution in [1.82, 2.24) is 10.3 Å². The molecule has 1 atom stereocenters. The molecule has 0 spiro atoms. The molecule has 0 aliphatic carbocycles. The summed E-state index contributed by atoms with van der Waals surface area (Å²) < 4.78 is 5.30. The van der Waals surface area contributed by atoms with E-state index in [1.54, 1.807) is 17.6 Å². The standard InChI is InChI=1S/C13H18N2O2S/c1-2-11(16)5-6-14-8-10-9-18-13(15-10)12-4-3-7-17-12/h3-4,7,9,11,14,16H,2,5-6,8H2,1H3. The lowest BCUT2D eigenvalue weighted by Crippen LogP contribution is -2.19. The Morgan fingerprint density at radius 2 is 2.44 bits per heavy atom. The number of hydrogen-bond donors (Lipinski definition) is 2. The number of furan rings is 1. The van der Waals surface area contributed by atoms with E-state index in [0.717, 1.165) is 42.4 Å². The highest BCUT2D eigenvalue weighted by Crippen LogP contribution is 2.23. The van der Waals surface area contributed by atoms with Gasteiger partial charge in [0.1, 0.15) is 0 Å². The van der Waals surface area contributed by atoms with E-state index in [1.165, 1.54) is 0 Å². The lowest BCUT2D eigenvalue weighted by Gasteiger charge is -2.07. The van der Waals surface area contributed by atoms with E-state index in [4.69, 9.17) is 4.42 Å². The summed E-state index contributed by atoms with van der Waals surface area (Å²) >= 11 is 1.58. The number of rotatable bonds is 7. The zero-order valence-electron chi connectivity index (χ0n) is 10.4. The summed E-state index contributed by atoms with van der Waals surface area (Å²) in [7, 11) is 0. The van der Waals surface area contributed by atoms with Crippen molar-refractivity contribution in [2.45, 2.75) is 32.4 Å². The second-order valence-corrected chi connectivity index (χ2v) is 5.01. The van der Waals surface area contributed by atoms with Crippen LogP contribution in [-0.4, -0.2) is 22.7 Å². The van der Waals surface area contributed by atoms with Crippen LogP contribution < -0.4 is 5.32 Å². The molecule has 2 heterocycles. The first-order chi connectivity index (χ1) is 8.79. The molecule has 0 saturated carbocycles. The Balaban J connectivity index is 1.77. The minimum Gasteiger partial charge on any atom is -0.462 e. The zero-order valence-corrected chi connectivity index (χ0v) is 11.2. The van der Waals surface area contributed by atoms with Crippen LogP contribution in [0, 0.1) is 0 Å². The molecular formula is C13H18N2O2S. The van der Waals surface area contributed by atoms with Crippen molar-refractivity contribution in [3.63, 3.8) is 0 Å². The second-order valence-electron chi connectivity index (χ2n) is 4.15. The Morgan fingerprint density at radius 1 is 1.56 bits per heavy atom. The summed E-state index contributed by atoms with van der Waals surface area (Å²) in [6.45, 7) is 3.52. The van der Waals surface area contributed by atoms with Gasteiger partial charge in [-0.15, -0.1) is 11.3 Å². The summed E-state index contributed by atoms with van der Waals surface area (Å²) in [6.07, 6.45) is 3.04. The molecule has 0 bridgehead atoms. The highest BCUT2D eigenvalue weighted by atomic mass is 32.1. The van der Waals surface area contributed by atoms with Gasteiger partial charge in [-0.25, -0.2) is 4.98 Å². The van der Waals surface area contributed by atoms with Crippen LogP contribution in [0.25, 0.3) is 10.8 Å². The molecule has 2 N–H and O–H groups in total. The number of nitrogens with zero attached hydrogens (tertiary/aromatic N) is 1. The van der Waals surface area contributed by atoms with Gasteiger partial charge in [0, 0.05) is 11.9 Å². The van der Waals surface area contributed by atoms with Gasteiger partial charge in [-0.05, 0) is 31.5 Å². The Morgan fingerprint density at radius 3 is 3.17 bits per heavy atom. The van der Waals surface area contributed by atoms with Crippen LogP contribution >= 0.6 is 11.3 Å². The van der Waals surface area contributed by atoms with Gasteiger partial charge in [-0.3, -0.25) is 0 Å². The number of nitrogens with one attached hydrogen (secondary N) is 1. The monoisotopic (exact) mass is 266 g/mol. The summed E-state index contributed by atoms with van der Waals surface area (Å²) in [6, 6.07) is 3.77. The van der Waals surface area contributed by atoms with Crippen molar-refractivity contribution in [3.05, 3.63) is 29.5 Å². The molecule has 2 rings (SSSR count). The topological polar surface area (TPSA) is 58.3 Å². The van der Waals surface area contributed by atoms with Gasteiger partial charge in [-0.2, -0.15) is 0 Å². The number of thiazole rings is 1. The largest absolute Gasteiger partial charge is 0.462 e. The third-order valence-corrected chi connectivity index (χ3v) is 3.62. The number of aromatic nitrogens is 1. The first-order valence-corrected chi connectivity index (χ1v) is 7.04. The maximum atomic E-state index is 9.42. The van der Waals surface area contributed by atoms with Crippen molar-refractivity contribution in [3.8, 4) is 10.8 Å². The van der Waals surface area contributed by atoms with Crippen molar-refractivity contribution in [2.75, 3.05) is 6.54 Å². The van der Waals surface area contributed by atoms with Crippen molar-refractivity contribution >= 4 is 11.3 Å². The van der Waals surface area contributed by atoms with Crippen LogP contribution in [0.3, 0.4) is 0 Å². The molecule has 0 saturated heterocycles. The normalized spacial score (nSPS) is 12.8. The van der Waals surface area contributed by atoms with E-state index in [2.05, 4.69) is 10.3 Å². The first kappa shape index (κ1) is 13.3. The molecule has 1 unspecified atom stereocenters. The maximum Gasteiger partial charge on any atom is 0.162 e. The maximum absolute atomic E-state index is 9.42. The van der Waals surface area contributed by atoms with E-state index in [0.29, 0.717) is 0 Å². The highest BCUT2D eigenvalue weighted by molar-refractivity contribution is 7.13. The highest BCUT2D eigenvalue weighted by Gasteiger charge is 2.06. The molecule has 5 heteroatoms. The summed E-state index contributed by atoms with van der Waals surface area (Å²) in [5.41, 5.74) is 1.01. The van der Waals surface area contributed by atoms with Crippen LogP contribution in [0.4, 0.5) is 0 Å². The number of aliphatic hydroxyl groups excluding tert-OH is 1. The predicted octanol–water partition coefficient (Wildman–Crippen LogP) is 2.65. The molecule has 0 amide bonds. The second kappa shape index (κ2) is 6.68. The Bertz CT molecular complexity index is 453. The third-order valence-electron chi connectivity index (χ3n) is 2.72. The molecule has 0 aromatic carbocycles. The van der Waals surface area contributed by atoms with Gasteiger partial charge in [0.15, 0.2) is 10.8 Å². The predicted molar refractivity (Wildman–Crippen MR) is 72.4 cm³/mol. The Hall–Kier alpha value is -1.17. The molecular weight excluding hydrogens is 248 g/mol. The van der Waals surface area contributed by atoms with Crippen molar-refractivity contribution < 1.29 is 9.52 Å². The third kappa shape index (κ3) is 3.66. The fourth-order valence-corrected chi connectivity index (χ4v) is 2.38. The van der Waals surface area contributed by atoms with Gasteiger partial charge in [0.05, 0.1) is 18.1 Å². The average Bonchev–Trinajstić information content (AvgIpc) is 3.04. The minimum absolute atomic E-state index is 0.202. The molecule has 0 radical (unpaired) electrons. The number of hydrogen-bond acceptors (Lipinski definition) is 5. The smallest absolute Gasteiger partial charge is 0.162 e. The lowest BCUT2D eigenvalue weighted by atomic mass is 10.2. The van der Waals surface area contributed by atoms with E-state index < -0.39 is 0 Å². The van der Waals surface area contributed by atoms with Crippen LogP contribution in [-0.2, 0) is 6.54 Å². The van der Waals surface area contributed by atoms with Crippen molar-refractivity contribution in [2.24, 2.45) is 0 Å². The Labute approximate surface area is 111 Å². The fraction of sp³-hybridized carbons (Fsp3) is 0.462. The van der Waals surface area contributed by atoms with Gasteiger partial charge in [0.2, 0.25) is 0 Å². The SMILES string of the molecule is CCC(O)CCNCc1csc(-c2ccco2)n1. The van der Waals surface area contributed by atoms with E-state index in [-0.39, 0.29) is 6.10 Å². The van der Waals surface area contributed by atoms with Gasteiger partial charge >= 0.3 is 0 Å². The number of aliphatic hydroxyl groups is 1. The summed E-state index contributed by atoms with van der Waals surface area (Å²) in [5, 5.41) is 15.6. The van der Waals surface area contributed by atoms with E-state index >= 15 is 0 Å². The van der Waals surface area contributed by atoms with Gasteiger partial charge < -0.3 is 14.8 Å². The molecule has 2 aromatic rings.